The number of rotatable bonds is 6. The van der Waals surface area contributed by atoms with Crippen molar-refractivity contribution in [3.8, 4) is 0 Å². The molecule has 0 atom stereocenters. The van der Waals surface area contributed by atoms with E-state index in [0.717, 1.165) is 24.3 Å². The van der Waals surface area contributed by atoms with Crippen molar-refractivity contribution in [3.63, 3.8) is 0 Å². The van der Waals surface area contributed by atoms with E-state index in [1.807, 2.05) is 42.5 Å². The molecule has 0 unspecified atom stereocenters. The number of amides is 1. The van der Waals surface area contributed by atoms with Gasteiger partial charge in [-0.05, 0) is 37.1 Å². The number of carbonyl (C=O) groups excluding carboxylic acids is 1. The Morgan fingerprint density at radius 2 is 1.87 bits per heavy atom. The molecule has 1 aromatic heterocycles. The SMILES string of the molecule is O=C(CN(Cc1ccco1)c1ccccc1)NC1CCCCC1. The average molecular weight is 312 g/mol. The maximum atomic E-state index is 12.4. The van der Waals surface area contributed by atoms with Gasteiger partial charge in [-0.15, -0.1) is 0 Å². The summed E-state index contributed by atoms with van der Waals surface area (Å²) in [6.07, 6.45) is 7.62. The highest BCUT2D eigenvalue weighted by molar-refractivity contribution is 5.81. The van der Waals surface area contributed by atoms with Crippen LogP contribution in [0.15, 0.2) is 53.1 Å². The zero-order chi connectivity index (χ0) is 15.9. The third kappa shape index (κ3) is 4.62. The van der Waals surface area contributed by atoms with Gasteiger partial charge in [0.05, 0.1) is 19.4 Å². The van der Waals surface area contributed by atoms with Gasteiger partial charge in [0.2, 0.25) is 5.91 Å². The summed E-state index contributed by atoms with van der Waals surface area (Å²) in [6.45, 7) is 0.941. The van der Waals surface area contributed by atoms with Crippen molar-refractivity contribution in [2.45, 2.75) is 44.7 Å². The highest BCUT2D eigenvalue weighted by atomic mass is 16.3. The van der Waals surface area contributed by atoms with Gasteiger partial charge in [0.25, 0.3) is 0 Å². The lowest BCUT2D eigenvalue weighted by Crippen LogP contribution is -2.42. The molecule has 0 bridgehead atoms. The van der Waals surface area contributed by atoms with Crippen molar-refractivity contribution in [1.29, 1.82) is 0 Å². The van der Waals surface area contributed by atoms with Gasteiger partial charge in [-0.25, -0.2) is 0 Å². The number of anilines is 1. The Morgan fingerprint density at radius 1 is 1.09 bits per heavy atom. The third-order valence-corrected chi connectivity index (χ3v) is 4.35. The van der Waals surface area contributed by atoms with Crippen LogP contribution in [0.1, 0.15) is 37.9 Å². The third-order valence-electron chi connectivity index (χ3n) is 4.35. The van der Waals surface area contributed by atoms with Crippen molar-refractivity contribution in [2.24, 2.45) is 0 Å². The normalized spacial score (nSPS) is 15.3. The van der Waals surface area contributed by atoms with Gasteiger partial charge in [0, 0.05) is 11.7 Å². The van der Waals surface area contributed by atoms with E-state index in [0.29, 0.717) is 19.1 Å². The minimum Gasteiger partial charge on any atom is -0.467 e. The molecule has 1 aromatic carbocycles. The standard InChI is InChI=1S/C19H24N2O2/c22-19(20-16-8-3-1-4-9-16)15-21(14-18-12-7-13-23-18)17-10-5-2-6-11-17/h2,5-7,10-13,16H,1,3-4,8-9,14-15H2,(H,20,22). The maximum Gasteiger partial charge on any atom is 0.239 e. The number of hydrogen-bond donors (Lipinski definition) is 1. The molecule has 1 heterocycles. The first-order chi connectivity index (χ1) is 11.3. The van der Waals surface area contributed by atoms with Gasteiger partial charge < -0.3 is 14.6 Å². The van der Waals surface area contributed by atoms with Crippen LogP contribution in [0, 0.1) is 0 Å². The highest BCUT2D eigenvalue weighted by Gasteiger charge is 2.18. The molecule has 4 nitrogen and oxygen atoms in total. The van der Waals surface area contributed by atoms with E-state index in [-0.39, 0.29) is 5.91 Å². The molecule has 0 radical (unpaired) electrons. The van der Waals surface area contributed by atoms with Gasteiger partial charge in [0.15, 0.2) is 0 Å². The van der Waals surface area contributed by atoms with E-state index in [2.05, 4.69) is 10.2 Å². The summed E-state index contributed by atoms with van der Waals surface area (Å²) in [5.41, 5.74) is 1.03. The van der Waals surface area contributed by atoms with Gasteiger partial charge in [-0.2, -0.15) is 0 Å². The average Bonchev–Trinajstić information content (AvgIpc) is 3.09. The van der Waals surface area contributed by atoms with Crippen LogP contribution in [0.5, 0.6) is 0 Å². The molecular weight excluding hydrogens is 288 g/mol. The van der Waals surface area contributed by atoms with Gasteiger partial charge in [-0.1, -0.05) is 37.5 Å². The molecule has 1 aliphatic carbocycles. The Balaban J connectivity index is 1.64. The van der Waals surface area contributed by atoms with Crippen LogP contribution in [-0.2, 0) is 11.3 Å². The largest absolute Gasteiger partial charge is 0.467 e. The summed E-state index contributed by atoms with van der Waals surface area (Å²) in [6, 6.07) is 14.2. The summed E-state index contributed by atoms with van der Waals surface area (Å²) in [5.74, 6) is 0.951. The van der Waals surface area contributed by atoms with E-state index in [1.165, 1.54) is 19.3 Å². The summed E-state index contributed by atoms with van der Waals surface area (Å²) in [5, 5.41) is 3.19. The number of nitrogens with zero attached hydrogens (tertiary/aromatic N) is 1. The molecule has 1 saturated carbocycles. The van der Waals surface area contributed by atoms with Crippen LogP contribution in [-0.4, -0.2) is 18.5 Å². The predicted octanol–water partition coefficient (Wildman–Crippen LogP) is 3.74. The number of carbonyl (C=O) groups is 1. The lowest BCUT2D eigenvalue weighted by Gasteiger charge is -2.27. The monoisotopic (exact) mass is 312 g/mol. The minimum atomic E-state index is 0.0901. The Kier molecular flexibility index (Phi) is 5.35. The zero-order valence-corrected chi connectivity index (χ0v) is 13.4. The Morgan fingerprint density at radius 3 is 2.57 bits per heavy atom. The Hall–Kier alpha value is -2.23. The number of benzene rings is 1. The second-order valence-electron chi connectivity index (χ2n) is 6.17. The molecule has 1 fully saturated rings. The molecule has 4 heteroatoms. The van der Waals surface area contributed by atoms with Crippen molar-refractivity contribution in [2.75, 3.05) is 11.4 Å². The van der Waals surface area contributed by atoms with Crippen molar-refractivity contribution in [3.05, 3.63) is 54.5 Å². The lowest BCUT2D eigenvalue weighted by molar-refractivity contribution is -0.120. The molecule has 3 rings (SSSR count). The molecule has 23 heavy (non-hydrogen) atoms. The fourth-order valence-electron chi connectivity index (χ4n) is 3.16. The fourth-order valence-corrected chi connectivity index (χ4v) is 3.16. The summed E-state index contributed by atoms with van der Waals surface area (Å²) in [7, 11) is 0. The van der Waals surface area contributed by atoms with Crippen molar-refractivity contribution >= 4 is 11.6 Å². The lowest BCUT2D eigenvalue weighted by atomic mass is 9.95. The summed E-state index contributed by atoms with van der Waals surface area (Å²) < 4.78 is 5.44. The maximum absolute atomic E-state index is 12.4. The number of furan rings is 1. The van der Waals surface area contributed by atoms with Crippen LogP contribution < -0.4 is 10.2 Å². The van der Waals surface area contributed by atoms with E-state index in [1.54, 1.807) is 6.26 Å². The first-order valence-electron chi connectivity index (χ1n) is 8.43. The van der Waals surface area contributed by atoms with Gasteiger partial charge in [0.1, 0.15) is 5.76 Å². The first-order valence-corrected chi connectivity index (χ1v) is 8.43. The number of nitrogens with one attached hydrogen (secondary N) is 1. The van der Waals surface area contributed by atoms with Gasteiger partial charge in [-0.3, -0.25) is 4.79 Å². The highest BCUT2D eigenvalue weighted by Crippen LogP contribution is 2.19. The minimum absolute atomic E-state index is 0.0901. The quantitative estimate of drug-likeness (QED) is 0.884. The topological polar surface area (TPSA) is 45.5 Å². The van der Waals surface area contributed by atoms with Crippen molar-refractivity contribution < 1.29 is 9.21 Å². The van der Waals surface area contributed by atoms with E-state index in [4.69, 9.17) is 4.42 Å². The zero-order valence-electron chi connectivity index (χ0n) is 13.4. The molecule has 0 saturated heterocycles. The molecule has 122 valence electrons. The number of hydrogen-bond acceptors (Lipinski definition) is 3. The fraction of sp³-hybridized carbons (Fsp3) is 0.421. The number of para-hydroxylation sites is 1. The summed E-state index contributed by atoms with van der Waals surface area (Å²) in [4.78, 5) is 14.5. The second kappa shape index (κ2) is 7.86. The van der Waals surface area contributed by atoms with Crippen LogP contribution in [0.25, 0.3) is 0 Å². The Bertz CT molecular complexity index is 589. The molecule has 1 N–H and O–H groups in total. The van der Waals surface area contributed by atoms with E-state index < -0.39 is 0 Å². The van der Waals surface area contributed by atoms with Crippen LogP contribution >= 0.6 is 0 Å². The molecule has 1 amide bonds. The van der Waals surface area contributed by atoms with E-state index >= 15 is 0 Å². The van der Waals surface area contributed by atoms with Crippen LogP contribution in [0.2, 0.25) is 0 Å². The van der Waals surface area contributed by atoms with E-state index in [9.17, 15) is 4.79 Å². The first kappa shape index (κ1) is 15.7. The smallest absolute Gasteiger partial charge is 0.239 e. The predicted molar refractivity (Wildman–Crippen MR) is 91.2 cm³/mol. The Labute approximate surface area is 137 Å². The molecule has 2 aromatic rings. The van der Waals surface area contributed by atoms with Crippen LogP contribution in [0.4, 0.5) is 5.69 Å². The van der Waals surface area contributed by atoms with Crippen molar-refractivity contribution in [1.82, 2.24) is 5.32 Å². The van der Waals surface area contributed by atoms with Gasteiger partial charge >= 0.3 is 0 Å². The molecule has 0 aliphatic heterocycles. The van der Waals surface area contributed by atoms with Crippen LogP contribution in [0.3, 0.4) is 0 Å². The molecule has 0 spiro atoms. The molecular formula is C19H24N2O2. The second-order valence-corrected chi connectivity index (χ2v) is 6.17. The molecule has 1 aliphatic rings. The summed E-state index contributed by atoms with van der Waals surface area (Å²) >= 11 is 0.